The van der Waals surface area contributed by atoms with Gasteiger partial charge in [0.25, 0.3) is 0 Å². The van der Waals surface area contributed by atoms with E-state index < -0.39 is 6.89 Å². The van der Waals surface area contributed by atoms with E-state index in [0.29, 0.717) is 19.4 Å². The van der Waals surface area contributed by atoms with Gasteiger partial charge in [-0.2, -0.15) is 0 Å². The summed E-state index contributed by atoms with van der Waals surface area (Å²) in [6.45, 7) is -1.70. The zero-order chi connectivity index (χ0) is 22.1. The Hall–Kier alpha value is -3.35. The molecule has 160 valence electrons. The maximum absolute atomic E-state index is 12.5. The summed E-state index contributed by atoms with van der Waals surface area (Å²) in [4.78, 5) is 12.5. The van der Waals surface area contributed by atoms with Gasteiger partial charge in [-0.3, -0.25) is 4.79 Å². The third kappa shape index (κ3) is 5.10. The molecule has 0 fully saturated rings. The van der Waals surface area contributed by atoms with Crippen LogP contribution in [0.4, 0.5) is 0 Å². The zero-order valence-corrected chi connectivity index (χ0v) is 18.9. The highest BCUT2D eigenvalue weighted by molar-refractivity contribution is 7.94. The summed E-state index contributed by atoms with van der Waals surface area (Å²) < 4.78 is 5.51. The standard InChI is InChI=1S/C29H27O2P/c30-29(31-24-25-14-5-1-6-15-25)22-13-23-32(26-16-7-2-8-17-26,27-18-9-3-10-19-27)28-20-11-4-12-21-28/h1-12,14-21,23H,13,22,24H2. The van der Waals surface area contributed by atoms with Gasteiger partial charge in [0.1, 0.15) is 6.61 Å². The van der Waals surface area contributed by atoms with Crippen LogP contribution in [0.1, 0.15) is 18.4 Å². The van der Waals surface area contributed by atoms with Crippen molar-refractivity contribution in [2.75, 3.05) is 0 Å². The van der Waals surface area contributed by atoms with Crippen LogP contribution in [0.3, 0.4) is 0 Å². The highest BCUT2D eigenvalue weighted by Gasteiger charge is 2.24. The lowest BCUT2D eigenvalue weighted by atomic mass is 10.2. The monoisotopic (exact) mass is 438 g/mol. The minimum Gasteiger partial charge on any atom is -0.461 e. The molecule has 4 aromatic rings. The minimum atomic E-state index is -2.02. The lowest BCUT2D eigenvalue weighted by Crippen LogP contribution is -2.27. The maximum Gasteiger partial charge on any atom is 0.306 e. The van der Waals surface area contributed by atoms with Gasteiger partial charge in [0.05, 0.1) is 0 Å². The summed E-state index contributed by atoms with van der Waals surface area (Å²) in [7, 11) is 0. The molecule has 0 saturated carbocycles. The molecule has 0 amide bonds. The van der Waals surface area contributed by atoms with Crippen LogP contribution < -0.4 is 15.9 Å². The third-order valence-corrected chi connectivity index (χ3v) is 9.63. The molecule has 0 N–H and O–H groups in total. The average molecular weight is 439 g/mol. The highest BCUT2D eigenvalue weighted by atomic mass is 31.2. The van der Waals surface area contributed by atoms with Gasteiger partial charge in [0.2, 0.25) is 0 Å². The molecule has 0 atom stereocenters. The van der Waals surface area contributed by atoms with Gasteiger partial charge >= 0.3 is 5.97 Å². The van der Waals surface area contributed by atoms with E-state index in [-0.39, 0.29) is 5.97 Å². The molecule has 0 spiro atoms. The molecule has 0 aromatic heterocycles. The Balaban J connectivity index is 1.66. The van der Waals surface area contributed by atoms with E-state index in [2.05, 4.69) is 96.8 Å². The molecule has 0 bridgehead atoms. The van der Waals surface area contributed by atoms with Crippen molar-refractivity contribution in [1.29, 1.82) is 0 Å². The first-order valence-electron chi connectivity index (χ1n) is 10.9. The highest BCUT2D eigenvalue weighted by Crippen LogP contribution is 2.44. The van der Waals surface area contributed by atoms with Crippen LogP contribution in [-0.4, -0.2) is 11.8 Å². The Morgan fingerprint density at radius 2 is 1.03 bits per heavy atom. The number of ether oxygens (including phenoxy) is 1. The van der Waals surface area contributed by atoms with Crippen LogP contribution in [0.15, 0.2) is 121 Å². The first-order chi connectivity index (χ1) is 15.8. The number of hydrogen-bond donors (Lipinski definition) is 0. The van der Waals surface area contributed by atoms with Crippen molar-refractivity contribution in [1.82, 2.24) is 0 Å². The molecule has 4 aromatic carbocycles. The Kier molecular flexibility index (Phi) is 7.38. The summed E-state index contributed by atoms with van der Waals surface area (Å²) in [5, 5.41) is 3.86. The van der Waals surface area contributed by atoms with E-state index in [4.69, 9.17) is 4.74 Å². The first-order valence-corrected chi connectivity index (χ1v) is 12.7. The molecule has 0 unspecified atom stereocenters. The number of hydrogen-bond acceptors (Lipinski definition) is 2. The number of benzene rings is 4. The van der Waals surface area contributed by atoms with E-state index in [0.717, 1.165) is 5.56 Å². The van der Waals surface area contributed by atoms with Gasteiger partial charge in [-0.05, 0) is 34.8 Å². The Labute approximate surface area is 190 Å². The van der Waals surface area contributed by atoms with Gasteiger partial charge < -0.3 is 4.74 Å². The van der Waals surface area contributed by atoms with Crippen molar-refractivity contribution < 1.29 is 9.53 Å². The number of carbonyl (C=O) groups is 1. The Morgan fingerprint density at radius 3 is 1.47 bits per heavy atom. The van der Waals surface area contributed by atoms with E-state index in [1.807, 2.05) is 30.3 Å². The molecular weight excluding hydrogens is 411 g/mol. The van der Waals surface area contributed by atoms with Crippen LogP contribution in [0, 0.1) is 0 Å². The molecule has 0 aliphatic rings. The minimum absolute atomic E-state index is 0.169. The predicted octanol–water partition coefficient (Wildman–Crippen LogP) is 5.31. The molecular formula is C29H27O2P. The molecule has 0 aliphatic carbocycles. The largest absolute Gasteiger partial charge is 0.461 e. The number of esters is 1. The lowest BCUT2D eigenvalue weighted by Gasteiger charge is -2.28. The van der Waals surface area contributed by atoms with Gasteiger partial charge in [0, 0.05) is 6.42 Å². The Bertz CT molecular complexity index is 1070. The second-order valence-electron chi connectivity index (χ2n) is 7.60. The van der Waals surface area contributed by atoms with Crippen molar-refractivity contribution in [2.24, 2.45) is 0 Å². The Morgan fingerprint density at radius 1 is 0.625 bits per heavy atom. The fraction of sp³-hybridized carbons (Fsp3) is 0.103. The van der Waals surface area contributed by atoms with Crippen LogP contribution in [0.2, 0.25) is 0 Å². The van der Waals surface area contributed by atoms with E-state index in [1.165, 1.54) is 15.9 Å². The fourth-order valence-corrected chi connectivity index (χ4v) is 7.91. The van der Waals surface area contributed by atoms with Gasteiger partial charge in [-0.1, -0.05) is 127 Å². The summed E-state index contributed by atoms with van der Waals surface area (Å²) in [6, 6.07) is 41.8. The smallest absolute Gasteiger partial charge is 0.306 e. The van der Waals surface area contributed by atoms with E-state index >= 15 is 0 Å². The topological polar surface area (TPSA) is 26.3 Å². The van der Waals surface area contributed by atoms with E-state index in [9.17, 15) is 4.79 Å². The van der Waals surface area contributed by atoms with Crippen molar-refractivity contribution >= 4 is 34.6 Å². The predicted molar refractivity (Wildman–Crippen MR) is 137 cm³/mol. The summed E-state index contributed by atoms with van der Waals surface area (Å²) in [5.41, 5.74) is 1.00. The SMILES string of the molecule is O=C(CCC=P(c1ccccc1)(c1ccccc1)c1ccccc1)OCc1ccccc1. The maximum atomic E-state index is 12.5. The van der Waals surface area contributed by atoms with Crippen LogP contribution in [0.5, 0.6) is 0 Å². The molecule has 0 saturated heterocycles. The summed E-state index contributed by atoms with van der Waals surface area (Å²) in [5.74, 6) is 2.20. The van der Waals surface area contributed by atoms with Crippen molar-refractivity contribution in [3.05, 3.63) is 127 Å². The van der Waals surface area contributed by atoms with Crippen LogP contribution in [-0.2, 0) is 16.1 Å². The number of carbonyl (C=O) groups excluding carboxylic acids is 1. The third-order valence-electron chi connectivity index (χ3n) is 5.48. The average Bonchev–Trinajstić information content (AvgIpc) is 2.88. The van der Waals surface area contributed by atoms with Gasteiger partial charge in [-0.25, -0.2) is 0 Å². The lowest BCUT2D eigenvalue weighted by molar-refractivity contribution is -0.144. The first kappa shape index (κ1) is 21.9. The molecule has 3 heteroatoms. The normalized spacial score (nSPS) is 11.0. The van der Waals surface area contributed by atoms with Gasteiger partial charge in [0.15, 0.2) is 0 Å². The quantitative estimate of drug-likeness (QED) is 0.275. The zero-order valence-electron chi connectivity index (χ0n) is 18.0. The molecule has 0 heterocycles. The van der Waals surface area contributed by atoms with E-state index in [1.54, 1.807) is 0 Å². The fourth-order valence-electron chi connectivity index (χ4n) is 3.94. The molecule has 0 radical (unpaired) electrons. The van der Waals surface area contributed by atoms with Crippen molar-refractivity contribution in [2.45, 2.75) is 19.4 Å². The molecule has 4 rings (SSSR count). The molecule has 2 nitrogen and oxygen atoms in total. The van der Waals surface area contributed by atoms with Crippen molar-refractivity contribution in [3.63, 3.8) is 0 Å². The summed E-state index contributed by atoms with van der Waals surface area (Å²) >= 11 is 0. The second kappa shape index (κ2) is 10.8. The second-order valence-corrected chi connectivity index (χ2v) is 11.0. The molecule has 0 aliphatic heterocycles. The van der Waals surface area contributed by atoms with Crippen molar-refractivity contribution in [3.8, 4) is 0 Å². The summed E-state index contributed by atoms with van der Waals surface area (Å²) in [6.07, 6.45) is 1.02. The number of rotatable bonds is 8. The van der Waals surface area contributed by atoms with Gasteiger partial charge in [-0.15, -0.1) is 0 Å². The molecule has 32 heavy (non-hydrogen) atoms. The van der Waals surface area contributed by atoms with Crippen LogP contribution in [0.25, 0.3) is 0 Å². The van der Waals surface area contributed by atoms with Crippen LogP contribution >= 0.6 is 6.89 Å².